The molecule has 2 aliphatic carbocycles. The smallest absolute Gasteiger partial charge is 0.694 e. The molecule has 1 nitrogen and oxygen atoms in total. The Balaban J connectivity index is 0.00000144. The Labute approximate surface area is 131 Å². The van der Waals surface area contributed by atoms with Crippen LogP contribution >= 0.6 is 0 Å². The summed E-state index contributed by atoms with van der Waals surface area (Å²) in [6.07, 6.45) is 13.7. The molecule has 2 heteroatoms. The van der Waals surface area contributed by atoms with E-state index in [9.17, 15) is 5.11 Å². The molecule has 1 N–H and O–H groups in total. The quantitative estimate of drug-likeness (QED) is 0.614. The van der Waals surface area contributed by atoms with Gasteiger partial charge in [-0.05, 0) is 55.3 Å². The fourth-order valence-electron chi connectivity index (χ4n) is 4.43. The van der Waals surface area contributed by atoms with Gasteiger partial charge in [0.05, 0.1) is 6.10 Å². The zero-order chi connectivity index (χ0) is 11.8. The van der Waals surface area contributed by atoms with E-state index in [2.05, 4.69) is 19.8 Å². The fourth-order valence-corrected chi connectivity index (χ4v) is 4.43. The van der Waals surface area contributed by atoms with E-state index in [-0.39, 0.29) is 38.8 Å². The Hall–Kier alpha value is 0.624. The Kier molecular flexibility index (Phi) is 5.70. The third kappa shape index (κ3) is 2.80. The monoisotopic (exact) mass is 308 g/mol. The first kappa shape index (κ1) is 15.7. The number of aliphatic hydroxyl groups is 1. The molecule has 2 fully saturated rings. The first-order chi connectivity index (χ1) is 7.59. The predicted octanol–water partition coefficient (Wildman–Crippen LogP) is 3.18. The SMILES string of the molecule is [C-]#CCC(C)C1CCC2C(O)CCCC12C.[Y+3]. The van der Waals surface area contributed by atoms with E-state index in [1.54, 1.807) is 0 Å². The molecule has 0 aromatic carbocycles. The van der Waals surface area contributed by atoms with Crippen LogP contribution in [0.25, 0.3) is 0 Å². The Morgan fingerprint density at radius 2 is 2.12 bits per heavy atom. The minimum absolute atomic E-state index is 0. The molecule has 0 saturated heterocycles. The van der Waals surface area contributed by atoms with Gasteiger partial charge < -0.3 is 17.5 Å². The normalized spacial score (nSPS) is 42.1. The van der Waals surface area contributed by atoms with Crippen LogP contribution in [-0.2, 0) is 32.7 Å². The van der Waals surface area contributed by atoms with Crippen LogP contribution in [0.3, 0.4) is 0 Å². The van der Waals surface area contributed by atoms with E-state index in [0.717, 1.165) is 12.8 Å². The van der Waals surface area contributed by atoms with Crippen molar-refractivity contribution in [2.75, 3.05) is 0 Å². The van der Waals surface area contributed by atoms with Crippen molar-refractivity contribution in [2.45, 2.75) is 58.5 Å². The van der Waals surface area contributed by atoms with Crippen molar-refractivity contribution in [2.24, 2.45) is 23.2 Å². The summed E-state index contributed by atoms with van der Waals surface area (Å²) in [6, 6.07) is 0. The molecule has 2 aliphatic rings. The average Bonchev–Trinajstić information content (AvgIpc) is 2.57. The van der Waals surface area contributed by atoms with Crippen molar-refractivity contribution in [1.82, 2.24) is 0 Å². The average molecular weight is 308 g/mol. The second-order valence-corrected chi connectivity index (χ2v) is 6.11. The summed E-state index contributed by atoms with van der Waals surface area (Å²) >= 11 is 0. The molecule has 5 atom stereocenters. The number of hydrogen-bond acceptors (Lipinski definition) is 1. The Morgan fingerprint density at radius 3 is 2.76 bits per heavy atom. The second-order valence-electron chi connectivity index (χ2n) is 6.11. The van der Waals surface area contributed by atoms with Crippen molar-refractivity contribution in [3.63, 3.8) is 0 Å². The van der Waals surface area contributed by atoms with E-state index >= 15 is 0 Å². The van der Waals surface area contributed by atoms with Crippen molar-refractivity contribution in [3.05, 3.63) is 6.42 Å². The summed E-state index contributed by atoms with van der Waals surface area (Å²) in [5.41, 5.74) is 0.327. The molecule has 0 bridgehead atoms. The second kappa shape index (κ2) is 6.18. The van der Waals surface area contributed by atoms with E-state index in [1.807, 2.05) is 0 Å². The van der Waals surface area contributed by atoms with Crippen LogP contribution in [0.1, 0.15) is 52.4 Å². The van der Waals surface area contributed by atoms with Crippen LogP contribution in [0.2, 0.25) is 0 Å². The third-order valence-electron chi connectivity index (χ3n) is 5.27. The minimum atomic E-state index is -0.0695. The molecule has 2 rings (SSSR count). The van der Waals surface area contributed by atoms with Crippen molar-refractivity contribution in [1.29, 1.82) is 0 Å². The molecule has 90 valence electrons. The number of fused-ring (bicyclic) bond motifs is 1. The number of hydrogen-bond donors (Lipinski definition) is 1. The van der Waals surface area contributed by atoms with Gasteiger partial charge in [-0.15, -0.1) is 0 Å². The molecule has 0 aromatic rings. The van der Waals surface area contributed by atoms with Gasteiger partial charge in [0.2, 0.25) is 0 Å². The van der Waals surface area contributed by atoms with E-state index in [4.69, 9.17) is 6.42 Å². The van der Waals surface area contributed by atoms with Gasteiger partial charge in [0, 0.05) is 0 Å². The largest absolute Gasteiger partial charge is 3.00 e. The summed E-state index contributed by atoms with van der Waals surface area (Å²) in [5, 5.41) is 10.1. The van der Waals surface area contributed by atoms with Gasteiger partial charge in [0.25, 0.3) is 0 Å². The van der Waals surface area contributed by atoms with Gasteiger partial charge >= 0.3 is 32.7 Å². The zero-order valence-corrected chi connectivity index (χ0v) is 13.9. The van der Waals surface area contributed by atoms with Crippen molar-refractivity contribution < 1.29 is 37.8 Å². The van der Waals surface area contributed by atoms with Crippen LogP contribution in [0.4, 0.5) is 0 Å². The summed E-state index contributed by atoms with van der Waals surface area (Å²) in [5.74, 6) is 4.31. The number of aliphatic hydroxyl groups excluding tert-OH is 1. The van der Waals surface area contributed by atoms with Gasteiger partial charge in [-0.25, -0.2) is 0 Å². The van der Waals surface area contributed by atoms with E-state index < -0.39 is 0 Å². The summed E-state index contributed by atoms with van der Waals surface area (Å²) in [4.78, 5) is 0. The topological polar surface area (TPSA) is 20.2 Å². The Morgan fingerprint density at radius 1 is 1.41 bits per heavy atom. The van der Waals surface area contributed by atoms with Gasteiger partial charge in [0.15, 0.2) is 0 Å². The molecule has 0 radical (unpaired) electrons. The fraction of sp³-hybridized carbons (Fsp3) is 0.867. The molecular weight excluding hydrogens is 285 g/mol. The van der Waals surface area contributed by atoms with E-state index in [0.29, 0.717) is 23.2 Å². The molecule has 0 aliphatic heterocycles. The molecular formula is C15H23OY+2. The standard InChI is InChI=1S/C15H23O.Y/c1-4-6-11(2)12-8-9-13-14(16)7-5-10-15(12,13)3;/h11-14,16H,5-10H2,2-3H3;/q-1;+3. The summed E-state index contributed by atoms with van der Waals surface area (Å²) in [7, 11) is 0. The van der Waals surface area contributed by atoms with Crippen LogP contribution in [0.15, 0.2) is 0 Å². The molecule has 0 aromatic heterocycles. The Bertz CT molecular complexity index is 296. The molecule has 17 heavy (non-hydrogen) atoms. The van der Waals surface area contributed by atoms with Gasteiger partial charge in [0.1, 0.15) is 0 Å². The third-order valence-corrected chi connectivity index (χ3v) is 5.27. The first-order valence-electron chi connectivity index (χ1n) is 6.67. The van der Waals surface area contributed by atoms with Crippen molar-refractivity contribution >= 4 is 0 Å². The van der Waals surface area contributed by atoms with Crippen molar-refractivity contribution in [3.8, 4) is 5.92 Å². The maximum absolute atomic E-state index is 10.1. The van der Waals surface area contributed by atoms with Gasteiger partial charge in [-0.2, -0.15) is 0 Å². The van der Waals surface area contributed by atoms with Crippen LogP contribution in [-0.4, -0.2) is 11.2 Å². The van der Waals surface area contributed by atoms with Gasteiger partial charge in [-0.3, -0.25) is 0 Å². The van der Waals surface area contributed by atoms with Gasteiger partial charge in [-0.1, -0.05) is 20.3 Å². The molecule has 0 spiro atoms. The zero-order valence-electron chi connectivity index (χ0n) is 11.1. The summed E-state index contributed by atoms with van der Waals surface area (Å²) in [6.45, 7) is 4.62. The molecule has 2 saturated carbocycles. The predicted molar refractivity (Wildman–Crippen MR) is 65.1 cm³/mol. The van der Waals surface area contributed by atoms with Crippen LogP contribution in [0, 0.1) is 35.5 Å². The maximum atomic E-state index is 10.1. The number of rotatable bonds is 2. The van der Waals surface area contributed by atoms with Crippen LogP contribution in [0.5, 0.6) is 0 Å². The van der Waals surface area contributed by atoms with E-state index in [1.165, 1.54) is 25.7 Å². The molecule has 0 amide bonds. The molecule has 5 unspecified atom stereocenters. The summed E-state index contributed by atoms with van der Waals surface area (Å²) < 4.78 is 0. The van der Waals surface area contributed by atoms with Crippen LogP contribution < -0.4 is 0 Å². The molecule has 0 heterocycles. The first-order valence-corrected chi connectivity index (χ1v) is 6.67. The minimum Gasteiger partial charge on any atom is -0.694 e. The maximum Gasteiger partial charge on any atom is 3.00 e.